The van der Waals surface area contributed by atoms with Crippen molar-refractivity contribution < 1.29 is 9.59 Å². The third-order valence-corrected chi connectivity index (χ3v) is 4.79. The summed E-state index contributed by atoms with van der Waals surface area (Å²) in [6, 6.07) is 13.2. The van der Waals surface area contributed by atoms with Gasteiger partial charge in [0.05, 0.1) is 5.57 Å². The zero-order chi connectivity index (χ0) is 19.4. The molecule has 0 atom stereocenters. The molecule has 5 nitrogen and oxygen atoms in total. The van der Waals surface area contributed by atoms with Gasteiger partial charge in [-0.25, -0.2) is 0 Å². The number of aromatic nitrogens is 1. The van der Waals surface area contributed by atoms with E-state index in [9.17, 15) is 9.59 Å². The van der Waals surface area contributed by atoms with Crippen molar-refractivity contribution in [2.24, 2.45) is 0 Å². The van der Waals surface area contributed by atoms with E-state index in [2.05, 4.69) is 4.98 Å². The number of carbonyl (C=O) groups excluding carboxylic acids is 2. The molecule has 0 aliphatic carbocycles. The quantitative estimate of drug-likeness (QED) is 0.709. The fourth-order valence-corrected chi connectivity index (χ4v) is 3.40. The Labute approximate surface area is 160 Å². The maximum atomic E-state index is 13.1. The molecule has 0 unspecified atom stereocenters. The normalized spacial score (nSPS) is 14.4. The standard InChI is InChI=1S/C22H25N3O2/c1-4-24(15-12-17-10-13-23-14-11-17)20-19(18-8-6-5-7-9-18)21(26)25(16(2)3)22(20)27/h5-11,13-14,16H,4,12,15H2,1-3H3. The Morgan fingerprint density at radius 2 is 1.67 bits per heavy atom. The van der Waals surface area contributed by atoms with E-state index in [1.807, 2.05) is 68.1 Å². The second kappa shape index (κ2) is 8.16. The smallest absolute Gasteiger partial charge is 0.278 e. The van der Waals surface area contributed by atoms with Gasteiger partial charge < -0.3 is 4.90 Å². The van der Waals surface area contributed by atoms with Crippen LogP contribution >= 0.6 is 0 Å². The van der Waals surface area contributed by atoms with E-state index >= 15 is 0 Å². The summed E-state index contributed by atoms with van der Waals surface area (Å²) in [5.41, 5.74) is 2.96. The van der Waals surface area contributed by atoms with E-state index in [0.29, 0.717) is 24.4 Å². The number of imide groups is 1. The van der Waals surface area contributed by atoms with Crippen molar-refractivity contribution in [2.45, 2.75) is 33.2 Å². The minimum Gasteiger partial charge on any atom is -0.366 e. The molecule has 0 saturated heterocycles. The van der Waals surface area contributed by atoms with Gasteiger partial charge in [0.2, 0.25) is 0 Å². The maximum absolute atomic E-state index is 13.1. The van der Waals surface area contributed by atoms with E-state index in [4.69, 9.17) is 0 Å². The molecule has 2 aromatic rings. The van der Waals surface area contributed by atoms with E-state index in [1.54, 1.807) is 12.4 Å². The molecule has 3 rings (SSSR count). The Hall–Kier alpha value is -2.95. The molecular formula is C22H25N3O2. The minimum absolute atomic E-state index is 0.180. The summed E-state index contributed by atoms with van der Waals surface area (Å²) >= 11 is 0. The summed E-state index contributed by atoms with van der Waals surface area (Å²) < 4.78 is 0. The van der Waals surface area contributed by atoms with Crippen molar-refractivity contribution in [1.82, 2.24) is 14.8 Å². The fraction of sp³-hybridized carbons (Fsp3) is 0.318. The van der Waals surface area contributed by atoms with Crippen LogP contribution < -0.4 is 0 Å². The molecule has 140 valence electrons. The molecule has 5 heteroatoms. The Balaban J connectivity index is 1.99. The zero-order valence-electron chi connectivity index (χ0n) is 16.1. The number of hydrogen-bond donors (Lipinski definition) is 0. The largest absolute Gasteiger partial charge is 0.366 e. The van der Waals surface area contributed by atoms with E-state index in [1.165, 1.54) is 4.90 Å². The summed E-state index contributed by atoms with van der Waals surface area (Å²) in [7, 11) is 0. The highest BCUT2D eigenvalue weighted by atomic mass is 16.2. The second-order valence-electron chi connectivity index (χ2n) is 6.85. The molecule has 2 heterocycles. The molecule has 1 aromatic carbocycles. The third-order valence-electron chi connectivity index (χ3n) is 4.79. The van der Waals surface area contributed by atoms with Crippen LogP contribution in [0.15, 0.2) is 60.6 Å². The number of likely N-dealkylation sites (N-methyl/N-ethyl adjacent to an activating group) is 1. The van der Waals surface area contributed by atoms with Crippen LogP contribution in [-0.2, 0) is 16.0 Å². The van der Waals surface area contributed by atoms with Gasteiger partial charge in [0, 0.05) is 31.5 Å². The number of amides is 2. The lowest BCUT2D eigenvalue weighted by atomic mass is 10.0. The van der Waals surface area contributed by atoms with Crippen LogP contribution in [0.3, 0.4) is 0 Å². The summed E-state index contributed by atoms with van der Waals surface area (Å²) in [4.78, 5) is 33.7. The average Bonchev–Trinajstić information content (AvgIpc) is 2.94. The molecule has 0 N–H and O–H groups in total. The van der Waals surface area contributed by atoms with Crippen molar-refractivity contribution >= 4 is 17.4 Å². The van der Waals surface area contributed by atoms with Crippen molar-refractivity contribution in [3.63, 3.8) is 0 Å². The SMILES string of the molecule is CCN(CCc1ccncc1)C1=C(c2ccccc2)C(=O)N(C(C)C)C1=O. The van der Waals surface area contributed by atoms with Crippen LogP contribution in [0.2, 0.25) is 0 Å². The predicted octanol–water partition coefficient (Wildman–Crippen LogP) is 3.13. The molecule has 2 amide bonds. The van der Waals surface area contributed by atoms with Crippen molar-refractivity contribution in [2.75, 3.05) is 13.1 Å². The van der Waals surface area contributed by atoms with Crippen molar-refractivity contribution in [1.29, 1.82) is 0 Å². The number of pyridine rings is 1. The number of nitrogens with zero attached hydrogens (tertiary/aromatic N) is 3. The minimum atomic E-state index is -0.210. The van der Waals surface area contributed by atoms with Gasteiger partial charge in [-0.3, -0.25) is 19.5 Å². The van der Waals surface area contributed by atoms with Gasteiger partial charge in [-0.05, 0) is 50.5 Å². The molecule has 0 fully saturated rings. The summed E-state index contributed by atoms with van der Waals surface area (Å²) in [6.07, 6.45) is 4.32. The molecule has 1 aromatic heterocycles. The predicted molar refractivity (Wildman–Crippen MR) is 106 cm³/mol. The second-order valence-corrected chi connectivity index (χ2v) is 6.85. The molecular weight excluding hydrogens is 338 g/mol. The van der Waals surface area contributed by atoms with E-state index in [-0.39, 0.29) is 17.9 Å². The Morgan fingerprint density at radius 3 is 2.26 bits per heavy atom. The Kier molecular flexibility index (Phi) is 5.69. The van der Waals surface area contributed by atoms with Crippen LogP contribution in [0.1, 0.15) is 31.9 Å². The zero-order valence-corrected chi connectivity index (χ0v) is 16.1. The third kappa shape index (κ3) is 3.77. The Bertz CT molecular complexity index is 844. The van der Waals surface area contributed by atoms with Gasteiger partial charge in [0.25, 0.3) is 11.8 Å². The lowest BCUT2D eigenvalue weighted by Crippen LogP contribution is -2.40. The molecule has 1 aliphatic rings. The van der Waals surface area contributed by atoms with Crippen molar-refractivity contribution in [3.8, 4) is 0 Å². The van der Waals surface area contributed by atoms with Gasteiger partial charge >= 0.3 is 0 Å². The molecule has 0 saturated carbocycles. The highest BCUT2D eigenvalue weighted by Gasteiger charge is 2.42. The van der Waals surface area contributed by atoms with Gasteiger partial charge in [-0.2, -0.15) is 0 Å². The lowest BCUT2D eigenvalue weighted by molar-refractivity contribution is -0.139. The summed E-state index contributed by atoms with van der Waals surface area (Å²) in [5.74, 6) is -0.413. The highest BCUT2D eigenvalue weighted by molar-refractivity contribution is 6.35. The van der Waals surface area contributed by atoms with E-state index < -0.39 is 0 Å². The van der Waals surface area contributed by atoms with Crippen molar-refractivity contribution in [3.05, 3.63) is 71.7 Å². The Morgan fingerprint density at radius 1 is 1.00 bits per heavy atom. The van der Waals surface area contributed by atoms with Crippen LogP contribution in [-0.4, -0.2) is 45.7 Å². The number of benzene rings is 1. The summed E-state index contributed by atoms with van der Waals surface area (Å²) in [6.45, 7) is 7.07. The first-order valence-corrected chi connectivity index (χ1v) is 9.36. The van der Waals surface area contributed by atoms with Crippen LogP contribution in [0, 0.1) is 0 Å². The first kappa shape index (κ1) is 18.8. The number of carbonyl (C=O) groups is 2. The van der Waals surface area contributed by atoms with Crippen LogP contribution in [0.5, 0.6) is 0 Å². The average molecular weight is 363 g/mol. The van der Waals surface area contributed by atoms with Crippen LogP contribution in [0.4, 0.5) is 0 Å². The lowest BCUT2D eigenvalue weighted by Gasteiger charge is -2.25. The first-order valence-electron chi connectivity index (χ1n) is 9.36. The maximum Gasteiger partial charge on any atom is 0.278 e. The molecule has 0 radical (unpaired) electrons. The monoisotopic (exact) mass is 363 g/mol. The highest BCUT2D eigenvalue weighted by Crippen LogP contribution is 2.32. The summed E-state index contributed by atoms with van der Waals surface area (Å²) in [5, 5.41) is 0. The first-order chi connectivity index (χ1) is 13.0. The molecule has 0 bridgehead atoms. The van der Waals surface area contributed by atoms with Gasteiger partial charge in [-0.15, -0.1) is 0 Å². The van der Waals surface area contributed by atoms with Gasteiger partial charge in [-0.1, -0.05) is 30.3 Å². The number of rotatable bonds is 7. The van der Waals surface area contributed by atoms with Crippen LogP contribution in [0.25, 0.3) is 5.57 Å². The molecule has 1 aliphatic heterocycles. The number of hydrogen-bond acceptors (Lipinski definition) is 4. The van der Waals surface area contributed by atoms with E-state index in [0.717, 1.165) is 17.5 Å². The molecule has 0 spiro atoms. The fourth-order valence-electron chi connectivity index (χ4n) is 3.40. The van der Waals surface area contributed by atoms with Gasteiger partial charge in [0.1, 0.15) is 5.70 Å². The van der Waals surface area contributed by atoms with Gasteiger partial charge in [0.15, 0.2) is 0 Å². The topological polar surface area (TPSA) is 53.5 Å². The molecule has 27 heavy (non-hydrogen) atoms.